The molecule has 0 saturated carbocycles. The van der Waals surface area contributed by atoms with E-state index in [1.54, 1.807) is 19.2 Å². The van der Waals surface area contributed by atoms with Gasteiger partial charge in [-0.05, 0) is 13.1 Å². The molecule has 0 fully saturated rings. The van der Waals surface area contributed by atoms with Crippen molar-refractivity contribution in [2.45, 2.75) is 6.54 Å². The van der Waals surface area contributed by atoms with E-state index in [1.807, 2.05) is 0 Å². The first-order valence-corrected chi connectivity index (χ1v) is 3.71. The highest BCUT2D eigenvalue weighted by atomic mass is 35.5. The van der Waals surface area contributed by atoms with Crippen LogP contribution in [0.25, 0.3) is 0 Å². The van der Waals surface area contributed by atoms with E-state index >= 15 is 0 Å². The third-order valence-corrected chi connectivity index (χ3v) is 1.69. The van der Waals surface area contributed by atoms with Gasteiger partial charge in [-0.2, -0.15) is 0 Å². The summed E-state index contributed by atoms with van der Waals surface area (Å²) in [5.41, 5.74) is 0.597. The molecule has 0 atom stereocenters. The highest BCUT2D eigenvalue weighted by Gasteiger charge is 2.03. The molecule has 1 rings (SSSR count). The summed E-state index contributed by atoms with van der Waals surface area (Å²) >= 11 is 5.55. The number of benzene rings is 1. The highest BCUT2D eigenvalue weighted by Crippen LogP contribution is 2.17. The summed E-state index contributed by atoms with van der Waals surface area (Å²) in [7, 11) is 1.76. The molecule has 0 saturated heterocycles. The monoisotopic (exact) mass is 209 g/mol. The molecule has 0 aliphatic rings. The molecule has 0 radical (unpaired) electrons. The van der Waals surface area contributed by atoms with Crippen LogP contribution in [0.4, 0.5) is 4.39 Å². The summed E-state index contributed by atoms with van der Waals surface area (Å²) < 4.78 is 13.0. The Kier molecular flexibility index (Phi) is 5.22. The second-order valence-electron chi connectivity index (χ2n) is 2.24. The maximum atomic E-state index is 13.0. The van der Waals surface area contributed by atoms with Crippen LogP contribution in [0.1, 0.15) is 5.56 Å². The molecular formula is C8H10Cl2FN. The van der Waals surface area contributed by atoms with E-state index in [0.717, 1.165) is 0 Å². The number of nitrogens with one attached hydrogen (secondary N) is 1. The summed E-state index contributed by atoms with van der Waals surface area (Å²) in [5, 5.41) is 3.03. The van der Waals surface area contributed by atoms with Crippen molar-refractivity contribution in [1.29, 1.82) is 0 Å². The van der Waals surface area contributed by atoms with Crippen molar-refractivity contribution in [2.75, 3.05) is 7.05 Å². The molecule has 0 heterocycles. The van der Waals surface area contributed by atoms with Gasteiger partial charge in [-0.1, -0.05) is 23.7 Å². The summed E-state index contributed by atoms with van der Waals surface area (Å²) in [6.45, 7) is 0.506. The Bertz CT molecular complexity index is 253. The molecule has 0 aliphatic heterocycles. The van der Waals surface area contributed by atoms with Crippen LogP contribution in [0.2, 0.25) is 5.02 Å². The Hall–Kier alpha value is -0.310. The van der Waals surface area contributed by atoms with Gasteiger partial charge < -0.3 is 5.32 Å². The Labute approximate surface area is 82.3 Å². The van der Waals surface area contributed by atoms with Gasteiger partial charge in [-0.3, -0.25) is 0 Å². The molecule has 1 nitrogen and oxygen atoms in total. The Morgan fingerprint density at radius 2 is 2.17 bits per heavy atom. The predicted molar refractivity (Wildman–Crippen MR) is 51.4 cm³/mol. The van der Waals surface area contributed by atoms with Crippen LogP contribution < -0.4 is 5.32 Å². The minimum absolute atomic E-state index is 0. The third kappa shape index (κ3) is 2.63. The fourth-order valence-electron chi connectivity index (χ4n) is 0.875. The summed E-state index contributed by atoms with van der Waals surface area (Å²) in [6.07, 6.45) is 0. The molecule has 12 heavy (non-hydrogen) atoms. The topological polar surface area (TPSA) is 12.0 Å². The maximum Gasteiger partial charge on any atom is 0.146 e. The lowest BCUT2D eigenvalue weighted by molar-refractivity contribution is 0.601. The molecular weight excluding hydrogens is 200 g/mol. The molecule has 0 spiro atoms. The minimum atomic E-state index is -0.330. The van der Waals surface area contributed by atoms with E-state index in [2.05, 4.69) is 5.32 Å². The molecule has 0 aromatic heterocycles. The van der Waals surface area contributed by atoms with Gasteiger partial charge in [0, 0.05) is 12.1 Å². The average molecular weight is 210 g/mol. The van der Waals surface area contributed by atoms with Crippen molar-refractivity contribution in [2.24, 2.45) is 0 Å². The van der Waals surface area contributed by atoms with Crippen LogP contribution in [0.15, 0.2) is 18.2 Å². The van der Waals surface area contributed by atoms with Crippen molar-refractivity contribution in [3.8, 4) is 0 Å². The Balaban J connectivity index is 0.00000121. The fourth-order valence-corrected chi connectivity index (χ4v) is 1.07. The number of hydrogen-bond acceptors (Lipinski definition) is 1. The SMILES string of the molecule is CNCc1cccc(Cl)c1F.Cl. The van der Waals surface area contributed by atoms with E-state index in [-0.39, 0.29) is 23.2 Å². The van der Waals surface area contributed by atoms with Gasteiger partial charge in [0.25, 0.3) is 0 Å². The Morgan fingerprint density at radius 3 is 2.75 bits per heavy atom. The van der Waals surface area contributed by atoms with Gasteiger partial charge in [0.15, 0.2) is 0 Å². The quantitative estimate of drug-likeness (QED) is 0.791. The second kappa shape index (κ2) is 5.36. The van der Waals surface area contributed by atoms with Crippen LogP contribution in [0.3, 0.4) is 0 Å². The highest BCUT2D eigenvalue weighted by molar-refractivity contribution is 6.30. The number of rotatable bonds is 2. The maximum absolute atomic E-state index is 13.0. The second-order valence-corrected chi connectivity index (χ2v) is 2.65. The molecule has 0 amide bonds. The zero-order valence-corrected chi connectivity index (χ0v) is 8.18. The van der Waals surface area contributed by atoms with Gasteiger partial charge in [0.1, 0.15) is 5.82 Å². The lowest BCUT2D eigenvalue weighted by Crippen LogP contribution is -2.06. The average Bonchev–Trinajstić information content (AvgIpc) is 1.99. The smallest absolute Gasteiger partial charge is 0.146 e. The van der Waals surface area contributed by atoms with Crippen molar-refractivity contribution >= 4 is 24.0 Å². The van der Waals surface area contributed by atoms with Crippen LogP contribution >= 0.6 is 24.0 Å². The van der Waals surface area contributed by atoms with Crippen LogP contribution in [0, 0.1) is 5.82 Å². The van der Waals surface area contributed by atoms with Gasteiger partial charge in [0.05, 0.1) is 5.02 Å². The molecule has 68 valence electrons. The first kappa shape index (κ1) is 11.7. The lowest BCUT2D eigenvalue weighted by Gasteiger charge is -2.01. The molecule has 0 bridgehead atoms. The van der Waals surface area contributed by atoms with Crippen molar-refractivity contribution in [3.05, 3.63) is 34.6 Å². The molecule has 0 aliphatic carbocycles. The number of halogens is 3. The van der Waals surface area contributed by atoms with E-state index in [0.29, 0.717) is 12.1 Å². The number of hydrogen-bond donors (Lipinski definition) is 1. The summed E-state index contributed by atoms with van der Waals surface area (Å²) in [6, 6.07) is 4.98. The van der Waals surface area contributed by atoms with Gasteiger partial charge >= 0.3 is 0 Å². The largest absolute Gasteiger partial charge is 0.316 e. The first-order valence-electron chi connectivity index (χ1n) is 3.33. The van der Waals surface area contributed by atoms with Gasteiger partial charge in [0.2, 0.25) is 0 Å². The molecule has 1 N–H and O–H groups in total. The van der Waals surface area contributed by atoms with E-state index < -0.39 is 0 Å². The predicted octanol–water partition coefficient (Wildman–Crippen LogP) is 2.62. The normalized spacial score (nSPS) is 9.25. The third-order valence-electron chi connectivity index (χ3n) is 1.40. The van der Waals surface area contributed by atoms with Gasteiger partial charge in [-0.15, -0.1) is 12.4 Å². The zero-order valence-electron chi connectivity index (χ0n) is 6.60. The van der Waals surface area contributed by atoms with Crippen LogP contribution in [-0.4, -0.2) is 7.05 Å². The van der Waals surface area contributed by atoms with Crippen molar-refractivity contribution in [3.63, 3.8) is 0 Å². The van der Waals surface area contributed by atoms with Crippen LogP contribution in [-0.2, 0) is 6.54 Å². The van der Waals surface area contributed by atoms with Crippen molar-refractivity contribution in [1.82, 2.24) is 5.32 Å². The van der Waals surface area contributed by atoms with E-state index in [4.69, 9.17) is 11.6 Å². The van der Waals surface area contributed by atoms with Gasteiger partial charge in [-0.25, -0.2) is 4.39 Å². The summed E-state index contributed by atoms with van der Waals surface area (Å²) in [5.74, 6) is -0.330. The fraction of sp³-hybridized carbons (Fsp3) is 0.250. The van der Waals surface area contributed by atoms with E-state index in [1.165, 1.54) is 6.07 Å². The summed E-state index contributed by atoms with van der Waals surface area (Å²) in [4.78, 5) is 0. The first-order chi connectivity index (χ1) is 5.25. The van der Waals surface area contributed by atoms with Crippen molar-refractivity contribution < 1.29 is 4.39 Å². The van der Waals surface area contributed by atoms with Crippen LogP contribution in [0.5, 0.6) is 0 Å². The zero-order chi connectivity index (χ0) is 8.27. The molecule has 1 aromatic carbocycles. The molecule has 4 heteroatoms. The Morgan fingerprint density at radius 1 is 1.50 bits per heavy atom. The minimum Gasteiger partial charge on any atom is -0.316 e. The molecule has 1 aromatic rings. The lowest BCUT2D eigenvalue weighted by atomic mass is 10.2. The molecule has 0 unspecified atom stereocenters. The van der Waals surface area contributed by atoms with E-state index in [9.17, 15) is 4.39 Å². The standard InChI is InChI=1S/C8H9ClFN.ClH/c1-11-5-6-3-2-4-7(9)8(6)10;/h2-4,11H,5H2,1H3;1H.